The molecule has 14 heavy (non-hydrogen) atoms. The normalized spacial score (nSPS) is 19.4. The summed E-state index contributed by atoms with van der Waals surface area (Å²) in [5.41, 5.74) is 1.82. The predicted molar refractivity (Wildman–Crippen MR) is 56.7 cm³/mol. The van der Waals surface area contributed by atoms with Gasteiger partial charge in [0, 0.05) is 11.5 Å². The molecule has 0 amide bonds. The van der Waals surface area contributed by atoms with E-state index < -0.39 is 0 Å². The Morgan fingerprint density at radius 3 is 2.57 bits per heavy atom. The Bertz CT molecular complexity index is 420. The lowest BCUT2D eigenvalue weighted by Gasteiger charge is -2.13. The highest BCUT2D eigenvalue weighted by Crippen LogP contribution is 2.27. The van der Waals surface area contributed by atoms with Gasteiger partial charge in [0.1, 0.15) is 5.94 Å². The van der Waals surface area contributed by atoms with Crippen LogP contribution < -0.4 is 0 Å². The Hall–Kier alpha value is -1.85. The quantitative estimate of drug-likeness (QED) is 0.610. The summed E-state index contributed by atoms with van der Waals surface area (Å²) in [6, 6.07) is 9.96. The van der Waals surface area contributed by atoms with Crippen molar-refractivity contribution in [1.29, 1.82) is 0 Å². The molecule has 1 aliphatic carbocycles. The molecule has 0 bridgehead atoms. The minimum atomic E-state index is 0.0682. The summed E-state index contributed by atoms with van der Waals surface area (Å²) in [5.74, 6) is 2.05. The van der Waals surface area contributed by atoms with E-state index in [0.717, 1.165) is 5.56 Å². The van der Waals surface area contributed by atoms with Crippen molar-refractivity contribution in [2.45, 2.75) is 5.92 Å². The standard InChI is InChI=1S/C13H10O/c14-10-12-8-4-5-9-13(12)11-6-2-1-3-7-11/h1-9,13H. The molecular weight excluding hydrogens is 172 g/mol. The largest absolute Gasteiger partial charge is 0.233 e. The van der Waals surface area contributed by atoms with Crippen LogP contribution in [0.2, 0.25) is 0 Å². The van der Waals surface area contributed by atoms with Gasteiger partial charge in [0.15, 0.2) is 0 Å². The smallest absolute Gasteiger partial charge is 0.128 e. The topological polar surface area (TPSA) is 17.1 Å². The van der Waals surface area contributed by atoms with E-state index in [1.54, 1.807) is 0 Å². The molecule has 2 rings (SSSR count). The molecule has 1 heteroatoms. The molecular formula is C13H10O. The lowest BCUT2D eigenvalue weighted by atomic mass is 9.89. The molecule has 0 aromatic heterocycles. The Labute approximate surface area is 83.1 Å². The SMILES string of the molecule is O=C=C1C=CC=CC1c1ccccc1. The molecule has 68 valence electrons. The van der Waals surface area contributed by atoms with E-state index in [9.17, 15) is 4.79 Å². The molecule has 1 aromatic carbocycles. The van der Waals surface area contributed by atoms with Crippen LogP contribution in [0.15, 0.2) is 60.2 Å². The van der Waals surface area contributed by atoms with E-state index in [1.807, 2.05) is 60.6 Å². The molecule has 0 spiro atoms. The van der Waals surface area contributed by atoms with Crippen molar-refractivity contribution in [3.63, 3.8) is 0 Å². The lowest BCUT2D eigenvalue weighted by Crippen LogP contribution is -2.00. The summed E-state index contributed by atoms with van der Waals surface area (Å²) in [5, 5.41) is 0. The first-order valence-electron chi connectivity index (χ1n) is 4.56. The average molecular weight is 182 g/mol. The van der Waals surface area contributed by atoms with Gasteiger partial charge in [0.25, 0.3) is 0 Å². The minimum absolute atomic E-state index is 0.0682. The Morgan fingerprint density at radius 1 is 1.07 bits per heavy atom. The number of rotatable bonds is 1. The summed E-state index contributed by atoms with van der Waals surface area (Å²) in [7, 11) is 0. The van der Waals surface area contributed by atoms with Crippen LogP contribution in [0.1, 0.15) is 11.5 Å². The number of allylic oxidation sites excluding steroid dienone is 5. The van der Waals surface area contributed by atoms with Gasteiger partial charge in [0.05, 0.1) is 0 Å². The van der Waals surface area contributed by atoms with Crippen molar-refractivity contribution in [3.05, 3.63) is 65.8 Å². The van der Waals surface area contributed by atoms with E-state index in [-0.39, 0.29) is 5.92 Å². The van der Waals surface area contributed by atoms with Crippen molar-refractivity contribution in [2.24, 2.45) is 0 Å². The molecule has 0 radical (unpaired) electrons. The second-order valence-electron chi connectivity index (χ2n) is 3.19. The summed E-state index contributed by atoms with van der Waals surface area (Å²) >= 11 is 0. The first kappa shape index (κ1) is 8.74. The van der Waals surface area contributed by atoms with Crippen molar-refractivity contribution in [3.8, 4) is 0 Å². The van der Waals surface area contributed by atoms with Crippen LogP contribution in [0.3, 0.4) is 0 Å². The summed E-state index contributed by atoms with van der Waals surface area (Å²) in [4.78, 5) is 10.7. The third-order valence-corrected chi connectivity index (χ3v) is 2.30. The van der Waals surface area contributed by atoms with Gasteiger partial charge in [-0.05, 0) is 11.6 Å². The number of benzene rings is 1. The van der Waals surface area contributed by atoms with E-state index in [4.69, 9.17) is 0 Å². The van der Waals surface area contributed by atoms with Gasteiger partial charge in [-0.2, -0.15) is 0 Å². The fourth-order valence-electron chi connectivity index (χ4n) is 1.59. The van der Waals surface area contributed by atoms with Crippen LogP contribution in [0.4, 0.5) is 0 Å². The van der Waals surface area contributed by atoms with Crippen molar-refractivity contribution in [2.75, 3.05) is 0 Å². The minimum Gasteiger partial charge on any atom is -0.233 e. The third kappa shape index (κ3) is 1.59. The maximum Gasteiger partial charge on any atom is 0.128 e. The fourth-order valence-corrected chi connectivity index (χ4v) is 1.59. The number of hydrogen-bond acceptors (Lipinski definition) is 1. The van der Waals surface area contributed by atoms with Crippen molar-refractivity contribution < 1.29 is 4.79 Å². The van der Waals surface area contributed by atoms with Crippen molar-refractivity contribution >= 4 is 5.94 Å². The van der Waals surface area contributed by atoms with Gasteiger partial charge >= 0.3 is 0 Å². The van der Waals surface area contributed by atoms with Gasteiger partial charge in [-0.25, -0.2) is 4.79 Å². The third-order valence-electron chi connectivity index (χ3n) is 2.30. The van der Waals surface area contributed by atoms with Gasteiger partial charge < -0.3 is 0 Å². The number of carbonyl (C=O) groups excluding carboxylic acids is 1. The Kier molecular flexibility index (Phi) is 2.44. The molecule has 0 aliphatic heterocycles. The first-order chi connectivity index (χ1) is 6.92. The van der Waals surface area contributed by atoms with E-state index in [2.05, 4.69) is 0 Å². The van der Waals surface area contributed by atoms with E-state index >= 15 is 0 Å². The van der Waals surface area contributed by atoms with Gasteiger partial charge in [-0.3, -0.25) is 0 Å². The van der Waals surface area contributed by atoms with Crippen LogP contribution in [-0.4, -0.2) is 5.94 Å². The monoisotopic (exact) mass is 182 g/mol. The molecule has 0 saturated carbocycles. The zero-order chi connectivity index (χ0) is 9.80. The predicted octanol–water partition coefficient (Wildman–Crippen LogP) is 2.65. The van der Waals surface area contributed by atoms with Gasteiger partial charge in [-0.15, -0.1) is 0 Å². The lowest BCUT2D eigenvalue weighted by molar-refractivity contribution is 0.566. The highest BCUT2D eigenvalue weighted by molar-refractivity contribution is 5.64. The summed E-state index contributed by atoms with van der Waals surface area (Å²) in [6.07, 6.45) is 7.64. The average Bonchev–Trinajstić information content (AvgIpc) is 2.30. The zero-order valence-corrected chi connectivity index (χ0v) is 7.68. The first-order valence-corrected chi connectivity index (χ1v) is 4.56. The fraction of sp³-hybridized carbons (Fsp3) is 0.0769. The highest BCUT2D eigenvalue weighted by Gasteiger charge is 2.13. The molecule has 0 saturated heterocycles. The molecule has 1 aliphatic rings. The molecule has 0 N–H and O–H groups in total. The zero-order valence-electron chi connectivity index (χ0n) is 7.68. The van der Waals surface area contributed by atoms with E-state index in [1.165, 1.54) is 0 Å². The molecule has 1 aromatic rings. The van der Waals surface area contributed by atoms with Crippen LogP contribution in [0.25, 0.3) is 0 Å². The van der Waals surface area contributed by atoms with Crippen LogP contribution in [0.5, 0.6) is 0 Å². The van der Waals surface area contributed by atoms with Crippen LogP contribution in [0, 0.1) is 0 Å². The van der Waals surface area contributed by atoms with Crippen LogP contribution in [-0.2, 0) is 4.79 Å². The van der Waals surface area contributed by atoms with Gasteiger partial charge in [-0.1, -0.05) is 48.6 Å². The van der Waals surface area contributed by atoms with E-state index in [0.29, 0.717) is 5.57 Å². The molecule has 1 atom stereocenters. The molecule has 0 fully saturated rings. The van der Waals surface area contributed by atoms with Crippen molar-refractivity contribution in [1.82, 2.24) is 0 Å². The highest BCUT2D eigenvalue weighted by atomic mass is 16.1. The number of hydrogen-bond donors (Lipinski definition) is 0. The molecule has 1 nitrogen and oxygen atoms in total. The van der Waals surface area contributed by atoms with Crippen LogP contribution >= 0.6 is 0 Å². The summed E-state index contributed by atoms with van der Waals surface area (Å²) in [6.45, 7) is 0. The second-order valence-corrected chi connectivity index (χ2v) is 3.19. The Balaban J connectivity index is 2.40. The molecule has 1 unspecified atom stereocenters. The summed E-state index contributed by atoms with van der Waals surface area (Å²) < 4.78 is 0. The second kappa shape index (κ2) is 3.91. The maximum absolute atomic E-state index is 10.7. The maximum atomic E-state index is 10.7. The molecule has 0 heterocycles. The Morgan fingerprint density at radius 2 is 1.86 bits per heavy atom. The van der Waals surface area contributed by atoms with Gasteiger partial charge in [0.2, 0.25) is 0 Å².